The van der Waals surface area contributed by atoms with Crippen LogP contribution in [0.3, 0.4) is 0 Å². The summed E-state index contributed by atoms with van der Waals surface area (Å²) in [6, 6.07) is 0. The van der Waals surface area contributed by atoms with Crippen LogP contribution in [0.25, 0.3) is 0 Å². The average molecular weight is 140 g/mol. The van der Waals surface area contributed by atoms with Crippen LogP contribution in [0.2, 0.25) is 0 Å². The van der Waals surface area contributed by atoms with E-state index in [0.29, 0.717) is 0 Å². The third-order valence-corrected chi connectivity index (χ3v) is 0.923. The molecule has 0 N–H and O–H groups in total. The minimum absolute atomic E-state index is 0. The second-order valence-corrected chi connectivity index (χ2v) is 1.63. The first-order chi connectivity index (χ1) is 3.18. The van der Waals surface area contributed by atoms with Gasteiger partial charge >= 0.3 is 0 Å². The summed E-state index contributed by atoms with van der Waals surface area (Å²) in [5.74, 6) is 1.56. The fourth-order valence-electron chi connectivity index (χ4n) is 0.142. The Morgan fingerprint density at radius 3 is 1.88 bits per heavy atom. The molecular formula is C6H9BTi. The molecule has 0 unspecified atom stereocenters. The molecule has 0 spiro atoms. The molecule has 0 saturated heterocycles. The van der Waals surface area contributed by atoms with Gasteiger partial charge in [0.15, 0.2) is 0 Å². The maximum atomic E-state index is 5.15. The summed E-state index contributed by atoms with van der Waals surface area (Å²) in [6.45, 7) is 7.54. The second kappa shape index (κ2) is 5.40. The van der Waals surface area contributed by atoms with Gasteiger partial charge in [-0.3, -0.25) is 0 Å². The summed E-state index contributed by atoms with van der Waals surface area (Å²) >= 11 is 0. The molecule has 0 atom stereocenters. The van der Waals surface area contributed by atoms with E-state index in [2.05, 4.69) is 6.58 Å². The molecule has 0 bridgehead atoms. The van der Waals surface area contributed by atoms with E-state index in [-0.39, 0.29) is 21.7 Å². The minimum Gasteiger partial charge on any atom is -0.128 e. The van der Waals surface area contributed by atoms with Gasteiger partial charge in [-0.2, -0.15) is 0 Å². The maximum absolute atomic E-state index is 5.15. The molecule has 0 heterocycles. The van der Waals surface area contributed by atoms with Crippen LogP contribution in [0.1, 0.15) is 13.8 Å². The molecule has 2 heteroatoms. The van der Waals surface area contributed by atoms with E-state index >= 15 is 0 Å². The molecule has 0 aliphatic carbocycles. The van der Waals surface area contributed by atoms with Gasteiger partial charge < -0.3 is 0 Å². The predicted octanol–water partition coefficient (Wildman–Crippen LogP) is 1.63. The Hall–Kier alpha value is 0.259. The van der Waals surface area contributed by atoms with Gasteiger partial charge in [0.05, 0.1) is 0 Å². The first-order valence-electron chi connectivity index (χ1n) is 2.23. The van der Waals surface area contributed by atoms with Crippen molar-refractivity contribution in [3.8, 4) is 0 Å². The van der Waals surface area contributed by atoms with Crippen molar-refractivity contribution in [1.29, 1.82) is 0 Å². The first-order valence-corrected chi connectivity index (χ1v) is 2.23. The summed E-state index contributed by atoms with van der Waals surface area (Å²) in [5.41, 5.74) is 2.09. The number of rotatable bonds is 1. The third kappa shape index (κ3) is 4.42. The zero-order chi connectivity index (χ0) is 5.86. The van der Waals surface area contributed by atoms with E-state index in [1.807, 2.05) is 13.8 Å². The molecule has 0 aromatic rings. The van der Waals surface area contributed by atoms with Crippen molar-refractivity contribution in [2.45, 2.75) is 13.8 Å². The molecule has 0 aromatic carbocycles. The van der Waals surface area contributed by atoms with Gasteiger partial charge in [-0.1, -0.05) is 17.7 Å². The van der Waals surface area contributed by atoms with Crippen LogP contribution in [0.5, 0.6) is 0 Å². The molecule has 0 aromatic heterocycles. The van der Waals surface area contributed by atoms with Crippen molar-refractivity contribution in [2.75, 3.05) is 0 Å². The molecule has 40 valence electrons. The molecule has 0 rings (SSSR count). The summed E-state index contributed by atoms with van der Waals surface area (Å²) in [6.07, 6.45) is 0. The van der Waals surface area contributed by atoms with Crippen LogP contribution >= 0.6 is 0 Å². The van der Waals surface area contributed by atoms with Crippen molar-refractivity contribution in [3.05, 3.63) is 23.7 Å². The van der Waals surface area contributed by atoms with Gasteiger partial charge in [0.25, 0.3) is 0 Å². The number of hydrogen-bond acceptors (Lipinski definition) is 0. The zero-order valence-electron chi connectivity index (χ0n) is 5.36. The summed E-state index contributed by atoms with van der Waals surface area (Å²) < 4.78 is 0. The van der Waals surface area contributed by atoms with Crippen LogP contribution in [-0.2, 0) is 21.7 Å². The zero-order valence-corrected chi connectivity index (χ0v) is 6.92. The van der Waals surface area contributed by atoms with Crippen molar-refractivity contribution >= 4 is 7.85 Å². The summed E-state index contributed by atoms with van der Waals surface area (Å²) in [7, 11) is 5.15. The molecule has 8 heavy (non-hydrogen) atoms. The van der Waals surface area contributed by atoms with Gasteiger partial charge in [-0.05, 0) is 13.8 Å². The standard InChI is InChI=1S/C6H9B.Ti/c1-5(2)6(3)4-7;/h4H,1H2,2-3H3;. The molecule has 2 radical (unpaired) electrons. The van der Waals surface area contributed by atoms with E-state index < -0.39 is 0 Å². The van der Waals surface area contributed by atoms with Crippen molar-refractivity contribution in [2.24, 2.45) is 0 Å². The number of hydrogen-bond donors (Lipinski definition) is 0. The number of allylic oxidation sites excluding steroid dienone is 2. The van der Waals surface area contributed by atoms with Crippen LogP contribution in [0.4, 0.5) is 0 Å². The van der Waals surface area contributed by atoms with Gasteiger partial charge in [-0.25, -0.2) is 0 Å². The van der Waals surface area contributed by atoms with E-state index in [0.717, 1.165) is 11.1 Å². The molecule has 0 aliphatic rings. The molecule has 0 saturated carbocycles. The Balaban J connectivity index is 0. The van der Waals surface area contributed by atoms with Crippen LogP contribution < -0.4 is 0 Å². The van der Waals surface area contributed by atoms with Crippen molar-refractivity contribution in [1.82, 2.24) is 0 Å². The van der Waals surface area contributed by atoms with Crippen LogP contribution in [0, 0.1) is 0 Å². The Labute approximate surface area is 67.3 Å². The van der Waals surface area contributed by atoms with Gasteiger partial charge in [0.1, 0.15) is 7.85 Å². The SMILES string of the molecule is [B]C=C(C)C(=C)C.[Ti]. The molecule has 0 aliphatic heterocycles. The van der Waals surface area contributed by atoms with Crippen LogP contribution in [0.15, 0.2) is 23.7 Å². The first kappa shape index (κ1) is 11.1. The third-order valence-electron chi connectivity index (χ3n) is 0.923. The van der Waals surface area contributed by atoms with E-state index in [1.165, 1.54) is 0 Å². The fourth-order valence-corrected chi connectivity index (χ4v) is 0.142. The Morgan fingerprint density at radius 1 is 1.50 bits per heavy atom. The Kier molecular flexibility index (Phi) is 7.49. The van der Waals surface area contributed by atoms with Crippen LogP contribution in [-0.4, -0.2) is 7.85 Å². The van der Waals surface area contributed by atoms with E-state index in [9.17, 15) is 0 Å². The molecule has 0 amide bonds. The monoisotopic (exact) mass is 140 g/mol. The van der Waals surface area contributed by atoms with Gasteiger partial charge in [0.2, 0.25) is 0 Å². The van der Waals surface area contributed by atoms with Gasteiger partial charge in [0, 0.05) is 21.7 Å². The largest absolute Gasteiger partial charge is 0.128 e. The topological polar surface area (TPSA) is 0 Å². The smallest absolute Gasteiger partial charge is 0.103 e. The minimum atomic E-state index is 0. The Bertz CT molecular complexity index is 105. The van der Waals surface area contributed by atoms with E-state index in [1.54, 1.807) is 5.98 Å². The van der Waals surface area contributed by atoms with E-state index in [4.69, 9.17) is 7.85 Å². The molecule has 0 nitrogen and oxygen atoms in total. The molecule has 0 fully saturated rings. The fraction of sp³-hybridized carbons (Fsp3) is 0.333. The predicted molar refractivity (Wildman–Crippen MR) is 34.3 cm³/mol. The quantitative estimate of drug-likeness (QED) is 0.383. The second-order valence-electron chi connectivity index (χ2n) is 1.63. The van der Waals surface area contributed by atoms with Gasteiger partial charge in [-0.15, -0.1) is 5.98 Å². The normalized spacial score (nSPS) is 10.0. The van der Waals surface area contributed by atoms with Crippen molar-refractivity contribution < 1.29 is 21.7 Å². The maximum Gasteiger partial charge on any atom is 0.103 e. The Morgan fingerprint density at radius 2 is 1.88 bits per heavy atom. The van der Waals surface area contributed by atoms with Crippen molar-refractivity contribution in [3.63, 3.8) is 0 Å². The summed E-state index contributed by atoms with van der Waals surface area (Å²) in [5, 5.41) is 0. The average Bonchev–Trinajstić information content (AvgIpc) is 1.65. The molecular weight excluding hydrogens is 131 g/mol. The summed E-state index contributed by atoms with van der Waals surface area (Å²) in [4.78, 5) is 0.